The van der Waals surface area contributed by atoms with E-state index in [0.29, 0.717) is 31.0 Å². The number of carbonyl (C=O) groups excluding carboxylic acids is 1. The first-order chi connectivity index (χ1) is 10.2. The Morgan fingerprint density at radius 2 is 2.05 bits per heavy atom. The highest BCUT2D eigenvalue weighted by molar-refractivity contribution is 5.90. The largest absolute Gasteiger partial charge is 0.380 e. The van der Waals surface area contributed by atoms with E-state index in [1.165, 1.54) is 12.8 Å². The van der Waals surface area contributed by atoms with Crippen molar-refractivity contribution < 1.29 is 9.53 Å². The Morgan fingerprint density at radius 1 is 1.32 bits per heavy atom. The number of fused-ring (bicyclic) bond motifs is 2. The molecule has 3 rings (SSSR count). The van der Waals surface area contributed by atoms with Crippen LogP contribution in [0.15, 0.2) is 24.3 Å². The quantitative estimate of drug-likeness (QED) is 0.875. The van der Waals surface area contributed by atoms with Crippen LogP contribution in [0.25, 0.3) is 0 Å². The molecule has 0 saturated carbocycles. The first-order valence-electron chi connectivity index (χ1n) is 7.86. The Bertz CT molecular complexity index is 497. The van der Waals surface area contributed by atoms with Crippen LogP contribution >= 0.6 is 12.4 Å². The molecule has 2 fully saturated rings. The second-order valence-corrected chi connectivity index (χ2v) is 6.36. The fourth-order valence-electron chi connectivity index (χ4n) is 3.72. The lowest BCUT2D eigenvalue weighted by molar-refractivity contribution is -0.117. The molecule has 2 bridgehead atoms. The minimum Gasteiger partial charge on any atom is -0.380 e. The number of anilines is 1. The summed E-state index contributed by atoms with van der Waals surface area (Å²) in [5, 5.41) is 6.64. The highest BCUT2D eigenvalue weighted by Crippen LogP contribution is 2.32. The molecule has 2 heterocycles. The Labute approximate surface area is 138 Å². The van der Waals surface area contributed by atoms with Crippen LogP contribution in [0.5, 0.6) is 0 Å². The number of hydrogen-bond donors (Lipinski definition) is 2. The Kier molecular flexibility index (Phi) is 6.24. The summed E-state index contributed by atoms with van der Waals surface area (Å²) in [6, 6.07) is 9.16. The fourth-order valence-corrected chi connectivity index (χ4v) is 3.72. The molecule has 0 aliphatic carbocycles. The van der Waals surface area contributed by atoms with Gasteiger partial charge in [0, 0.05) is 31.3 Å². The van der Waals surface area contributed by atoms with Gasteiger partial charge in [-0.05, 0) is 49.3 Å². The monoisotopic (exact) mass is 324 g/mol. The average molecular weight is 325 g/mol. The zero-order chi connectivity index (χ0) is 14.7. The molecule has 122 valence electrons. The maximum atomic E-state index is 12.2. The molecule has 2 saturated heterocycles. The number of hydrogen-bond acceptors (Lipinski definition) is 3. The van der Waals surface area contributed by atoms with E-state index in [4.69, 9.17) is 4.74 Å². The van der Waals surface area contributed by atoms with Gasteiger partial charge in [-0.3, -0.25) is 4.79 Å². The van der Waals surface area contributed by atoms with Crippen molar-refractivity contribution in [3.05, 3.63) is 29.8 Å². The Balaban J connectivity index is 0.00000176. The number of halogens is 1. The molecule has 5 heteroatoms. The van der Waals surface area contributed by atoms with Gasteiger partial charge in [-0.2, -0.15) is 0 Å². The molecule has 0 radical (unpaired) electrons. The fraction of sp³-hybridized carbons (Fsp3) is 0.588. The van der Waals surface area contributed by atoms with Crippen LogP contribution in [0.4, 0.5) is 5.69 Å². The van der Waals surface area contributed by atoms with Gasteiger partial charge in [0.05, 0.1) is 6.61 Å². The maximum Gasteiger partial charge on any atom is 0.224 e. The average Bonchev–Trinajstić information content (AvgIpc) is 2.78. The van der Waals surface area contributed by atoms with Gasteiger partial charge in [0.1, 0.15) is 0 Å². The van der Waals surface area contributed by atoms with E-state index in [-0.39, 0.29) is 18.3 Å². The van der Waals surface area contributed by atoms with Crippen molar-refractivity contribution >= 4 is 24.0 Å². The molecule has 22 heavy (non-hydrogen) atoms. The first kappa shape index (κ1) is 17.3. The second kappa shape index (κ2) is 7.95. The van der Waals surface area contributed by atoms with Crippen LogP contribution in [0.1, 0.15) is 37.7 Å². The van der Waals surface area contributed by atoms with Gasteiger partial charge < -0.3 is 15.4 Å². The smallest absolute Gasteiger partial charge is 0.224 e. The van der Waals surface area contributed by atoms with E-state index >= 15 is 0 Å². The van der Waals surface area contributed by atoms with Gasteiger partial charge >= 0.3 is 0 Å². The molecule has 1 amide bonds. The van der Waals surface area contributed by atoms with Crippen molar-refractivity contribution in [2.45, 2.75) is 50.8 Å². The molecule has 0 spiro atoms. The standard InChI is InChI=1S/C17H24N2O2.ClH/c1-21-11-12-3-2-4-14(7-12)19-17(20)10-13-8-15-5-6-16(9-13)18-15;/h2-4,7,13,15-16,18H,5-6,8-11H2,1H3,(H,19,20);1H. The zero-order valence-corrected chi connectivity index (χ0v) is 13.8. The Morgan fingerprint density at radius 3 is 2.73 bits per heavy atom. The summed E-state index contributed by atoms with van der Waals surface area (Å²) >= 11 is 0. The van der Waals surface area contributed by atoms with Crippen LogP contribution in [-0.4, -0.2) is 25.1 Å². The van der Waals surface area contributed by atoms with Gasteiger partial charge in [-0.15, -0.1) is 12.4 Å². The van der Waals surface area contributed by atoms with Gasteiger partial charge in [0.2, 0.25) is 5.91 Å². The van der Waals surface area contributed by atoms with Crippen LogP contribution in [0.2, 0.25) is 0 Å². The number of methoxy groups -OCH3 is 1. The van der Waals surface area contributed by atoms with E-state index in [2.05, 4.69) is 10.6 Å². The maximum absolute atomic E-state index is 12.2. The van der Waals surface area contributed by atoms with E-state index in [9.17, 15) is 4.79 Å². The second-order valence-electron chi connectivity index (χ2n) is 6.36. The van der Waals surface area contributed by atoms with Crippen molar-refractivity contribution in [1.82, 2.24) is 5.32 Å². The number of ether oxygens (including phenoxy) is 1. The Hall–Kier alpha value is -1.10. The SMILES string of the molecule is COCc1cccc(NC(=O)CC2CC3CCC(C2)N3)c1.Cl. The number of rotatable bonds is 5. The first-order valence-corrected chi connectivity index (χ1v) is 7.86. The summed E-state index contributed by atoms with van der Waals surface area (Å²) in [6.07, 6.45) is 5.49. The van der Waals surface area contributed by atoms with E-state index in [1.807, 2.05) is 24.3 Å². The number of piperidine rings is 1. The molecule has 2 aliphatic heterocycles. The summed E-state index contributed by atoms with van der Waals surface area (Å²) < 4.78 is 5.12. The van der Waals surface area contributed by atoms with Crippen LogP contribution in [0.3, 0.4) is 0 Å². The van der Waals surface area contributed by atoms with Crippen LogP contribution in [-0.2, 0) is 16.1 Å². The predicted octanol–water partition coefficient (Wildman–Crippen LogP) is 3.11. The highest BCUT2D eigenvalue weighted by atomic mass is 35.5. The van der Waals surface area contributed by atoms with Crippen molar-refractivity contribution in [3.63, 3.8) is 0 Å². The number of carbonyl (C=O) groups is 1. The normalized spacial score (nSPS) is 26.3. The molecule has 2 aliphatic rings. The highest BCUT2D eigenvalue weighted by Gasteiger charge is 2.34. The van der Waals surface area contributed by atoms with Crippen molar-refractivity contribution in [3.8, 4) is 0 Å². The third-order valence-electron chi connectivity index (χ3n) is 4.57. The van der Waals surface area contributed by atoms with Gasteiger partial charge in [0.25, 0.3) is 0 Å². The van der Waals surface area contributed by atoms with E-state index < -0.39 is 0 Å². The van der Waals surface area contributed by atoms with Crippen LogP contribution in [0, 0.1) is 5.92 Å². The van der Waals surface area contributed by atoms with Crippen molar-refractivity contribution in [1.29, 1.82) is 0 Å². The summed E-state index contributed by atoms with van der Waals surface area (Å²) in [4.78, 5) is 12.2. The molecule has 0 aromatic heterocycles. The minimum atomic E-state index is 0. The van der Waals surface area contributed by atoms with Crippen molar-refractivity contribution in [2.24, 2.45) is 5.92 Å². The van der Waals surface area contributed by atoms with Crippen molar-refractivity contribution in [2.75, 3.05) is 12.4 Å². The lowest BCUT2D eigenvalue weighted by Crippen LogP contribution is -2.39. The molecular weight excluding hydrogens is 300 g/mol. The molecule has 2 atom stereocenters. The zero-order valence-electron chi connectivity index (χ0n) is 13.0. The molecule has 1 aromatic carbocycles. The minimum absolute atomic E-state index is 0. The van der Waals surface area contributed by atoms with E-state index in [0.717, 1.165) is 24.1 Å². The lowest BCUT2D eigenvalue weighted by Gasteiger charge is -2.28. The van der Waals surface area contributed by atoms with E-state index in [1.54, 1.807) is 7.11 Å². The summed E-state index contributed by atoms with van der Waals surface area (Å²) in [6.45, 7) is 0.571. The third kappa shape index (κ3) is 4.45. The summed E-state index contributed by atoms with van der Waals surface area (Å²) in [5.41, 5.74) is 1.95. The third-order valence-corrected chi connectivity index (χ3v) is 4.57. The summed E-state index contributed by atoms with van der Waals surface area (Å²) in [5.74, 6) is 0.668. The molecule has 2 N–H and O–H groups in total. The number of benzene rings is 1. The molecule has 4 nitrogen and oxygen atoms in total. The number of nitrogens with one attached hydrogen (secondary N) is 2. The molecule has 1 aromatic rings. The molecular formula is C17H25ClN2O2. The van der Waals surface area contributed by atoms with Crippen LogP contribution < -0.4 is 10.6 Å². The molecule has 2 unspecified atom stereocenters. The number of amides is 1. The van der Waals surface area contributed by atoms with Gasteiger partial charge in [0.15, 0.2) is 0 Å². The van der Waals surface area contributed by atoms with Gasteiger partial charge in [-0.1, -0.05) is 12.1 Å². The lowest BCUT2D eigenvalue weighted by atomic mass is 9.89. The summed E-state index contributed by atoms with van der Waals surface area (Å²) in [7, 11) is 1.68. The predicted molar refractivity (Wildman–Crippen MR) is 90.3 cm³/mol. The van der Waals surface area contributed by atoms with Gasteiger partial charge in [-0.25, -0.2) is 0 Å². The topological polar surface area (TPSA) is 50.4 Å².